The number of aromatic nitrogens is 4. The number of thioether (sulfide) groups is 1. The second-order valence-corrected chi connectivity index (χ2v) is 8.54. The van der Waals surface area contributed by atoms with Crippen LogP contribution in [0.4, 0.5) is 5.69 Å². The molecule has 0 spiro atoms. The van der Waals surface area contributed by atoms with Crippen molar-refractivity contribution in [2.75, 3.05) is 18.2 Å². The number of hydrogen-bond acceptors (Lipinski definition) is 6. The van der Waals surface area contributed by atoms with Crippen LogP contribution in [0.1, 0.15) is 0 Å². The van der Waals surface area contributed by atoms with Gasteiger partial charge >= 0.3 is 0 Å². The molecule has 0 saturated carbocycles. The van der Waals surface area contributed by atoms with Crippen molar-refractivity contribution in [3.8, 4) is 17.1 Å². The highest BCUT2D eigenvalue weighted by atomic mass is 35.5. The molecule has 9 heteroatoms. The third-order valence-corrected chi connectivity index (χ3v) is 6.20. The Morgan fingerprint density at radius 3 is 2.67 bits per heavy atom. The Morgan fingerprint density at radius 2 is 1.85 bits per heavy atom. The summed E-state index contributed by atoms with van der Waals surface area (Å²) < 4.78 is 7.28. The quantitative estimate of drug-likeness (QED) is 0.334. The first-order valence-corrected chi connectivity index (χ1v) is 11.5. The summed E-state index contributed by atoms with van der Waals surface area (Å²) in [5, 5.41) is 12.8. The number of ether oxygens (including phenoxy) is 1. The van der Waals surface area contributed by atoms with E-state index in [1.165, 1.54) is 11.8 Å². The molecule has 1 amide bonds. The topological polar surface area (TPSA) is 81.4 Å². The van der Waals surface area contributed by atoms with Gasteiger partial charge in [0.2, 0.25) is 5.91 Å². The first-order chi connectivity index (χ1) is 16.1. The van der Waals surface area contributed by atoms with E-state index in [1.54, 1.807) is 25.3 Å². The molecule has 0 aliphatic rings. The molecule has 0 bridgehead atoms. The molecule has 5 aromatic rings. The van der Waals surface area contributed by atoms with Gasteiger partial charge in [-0.1, -0.05) is 65.8 Å². The molecule has 33 heavy (non-hydrogen) atoms. The maximum atomic E-state index is 12.7. The average molecular weight is 476 g/mol. The predicted octanol–water partition coefficient (Wildman–Crippen LogP) is 5.34. The predicted molar refractivity (Wildman–Crippen MR) is 131 cm³/mol. The SMILES string of the molecule is COc1ccc(Cl)cc1NC(=O)CSc1nc2ccccc2n2c(-c3ccccc3)nnc12. The van der Waals surface area contributed by atoms with Crippen LogP contribution in [0.5, 0.6) is 5.75 Å². The fourth-order valence-corrected chi connectivity index (χ4v) is 4.46. The summed E-state index contributed by atoms with van der Waals surface area (Å²) in [5.41, 5.74) is 3.75. The third-order valence-electron chi connectivity index (χ3n) is 5.01. The fraction of sp³-hybridized carbons (Fsp3) is 0.0833. The summed E-state index contributed by atoms with van der Waals surface area (Å²) in [6.07, 6.45) is 0. The number of benzene rings is 3. The van der Waals surface area contributed by atoms with Gasteiger partial charge < -0.3 is 10.1 Å². The van der Waals surface area contributed by atoms with Crippen molar-refractivity contribution in [2.24, 2.45) is 0 Å². The van der Waals surface area contributed by atoms with Crippen LogP contribution < -0.4 is 10.1 Å². The minimum Gasteiger partial charge on any atom is -0.495 e. The molecule has 2 aromatic heterocycles. The first kappa shape index (κ1) is 21.2. The lowest BCUT2D eigenvalue weighted by molar-refractivity contribution is -0.113. The molecule has 164 valence electrons. The van der Waals surface area contributed by atoms with Crippen LogP contribution in [-0.2, 0) is 4.79 Å². The molecule has 3 aromatic carbocycles. The van der Waals surface area contributed by atoms with Gasteiger partial charge in [-0.2, -0.15) is 0 Å². The standard InChI is InChI=1S/C24H18ClN5O2S/c1-32-20-12-11-16(25)13-18(20)26-21(31)14-33-24-23-29-28-22(15-7-3-2-4-8-15)30(23)19-10-6-5-9-17(19)27-24/h2-13H,14H2,1H3,(H,26,31). The van der Waals surface area contributed by atoms with E-state index in [2.05, 4.69) is 15.5 Å². The van der Waals surface area contributed by atoms with Crippen molar-refractivity contribution in [1.29, 1.82) is 0 Å². The number of para-hydroxylation sites is 2. The number of fused-ring (bicyclic) bond motifs is 3. The number of halogens is 1. The zero-order valence-electron chi connectivity index (χ0n) is 17.5. The number of amides is 1. The van der Waals surface area contributed by atoms with Gasteiger partial charge in [0.05, 0.1) is 29.6 Å². The molecule has 0 atom stereocenters. The van der Waals surface area contributed by atoms with Crippen molar-refractivity contribution < 1.29 is 9.53 Å². The molecule has 0 saturated heterocycles. The Balaban J connectivity index is 1.48. The smallest absolute Gasteiger partial charge is 0.234 e. The molecule has 0 radical (unpaired) electrons. The molecule has 5 rings (SSSR count). The van der Waals surface area contributed by atoms with Gasteiger partial charge in [0.25, 0.3) is 0 Å². The maximum absolute atomic E-state index is 12.7. The van der Waals surface area contributed by atoms with Gasteiger partial charge in [-0.3, -0.25) is 9.20 Å². The van der Waals surface area contributed by atoms with Gasteiger partial charge in [0.15, 0.2) is 11.5 Å². The third kappa shape index (κ3) is 4.22. The van der Waals surface area contributed by atoms with Gasteiger partial charge in [-0.15, -0.1) is 10.2 Å². The highest BCUT2D eigenvalue weighted by molar-refractivity contribution is 8.00. The van der Waals surface area contributed by atoms with Crippen molar-refractivity contribution in [3.63, 3.8) is 0 Å². The highest BCUT2D eigenvalue weighted by Crippen LogP contribution is 2.30. The van der Waals surface area contributed by atoms with E-state index in [4.69, 9.17) is 21.3 Å². The summed E-state index contributed by atoms with van der Waals surface area (Å²) in [6.45, 7) is 0. The number of hydrogen-bond donors (Lipinski definition) is 1. The van der Waals surface area contributed by atoms with E-state index >= 15 is 0 Å². The molecule has 0 aliphatic carbocycles. The molecular weight excluding hydrogens is 458 g/mol. The second-order valence-electron chi connectivity index (χ2n) is 7.14. The van der Waals surface area contributed by atoms with Crippen LogP contribution in [0.25, 0.3) is 28.1 Å². The van der Waals surface area contributed by atoms with Crippen molar-refractivity contribution >= 4 is 51.6 Å². The van der Waals surface area contributed by atoms with E-state index in [-0.39, 0.29) is 11.7 Å². The minimum atomic E-state index is -0.212. The first-order valence-electron chi connectivity index (χ1n) is 10.1. The van der Waals surface area contributed by atoms with Crippen LogP contribution in [0.2, 0.25) is 5.02 Å². The number of nitrogens with one attached hydrogen (secondary N) is 1. The molecule has 0 aliphatic heterocycles. The zero-order chi connectivity index (χ0) is 22.8. The number of rotatable bonds is 6. The van der Waals surface area contributed by atoms with E-state index in [0.717, 1.165) is 22.4 Å². The number of methoxy groups -OCH3 is 1. The molecule has 7 nitrogen and oxygen atoms in total. The van der Waals surface area contributed by atoms with Crippen molar-refractivity contribution in [1.82, 2.24) is 19.6 Å². The lowest BCUT2D eigenvalue weighted by Crippen LogP contribution is -2.15. The van der Waals surface area contributed by atoms with Gasteiger partial charge in [0, 0.05) is 10.6 Å². The zero-order valence-corrected chi connectivity index (χ0v) is 19.1. The molecule has 0 unspecified atom stereocenters. The van der Waals surface area contributed by atoms with Crippen LogP contribution in [-0.4, -0.2) is 38.4 Å². The Morgan fingerprint density at radius 1 is 1.06 bits per heavy atom. The van der Waals surface area contributed by atoms with E-state index in [0.29, 0.717) is 27.1 Å². The normalized spacial score (nSPS) is 11.1. The Bertz CT molecular complexity index is 1470. The van der Waals surface area contributed by atoms with Crippen LogP contribution in [0.15, 0.2) is 77.8 Å². The van der Waals surface area contributed by atoms with Gasteiger partial charge in [0.1, 0.15) is 10.8 Å². The Kier molecular flexibility index (Phi) is 5.85. The Hall–Kier alpha value is -3.62. The number of carbonyl (C=O) groups is 1. The molecule has 1 N–H and O–H groups in total. The summed E-state index contributed by atoms with van der Waals surface area (Å²) in [6, 6.07) is 22.7. The summed E-state index contributed by atoms with van der Waals surface area (Å²) >= 11 is 7.36. The summed E-state index contributed by atoms with van der Waals surface area (Å²) in [5.74, 6) is 1.18. The van der Waals surface area contributed by atoms with Crippen molar-refractivity contribution in [3.05, 3.63) is 77.8 Å². The lowest BCUT2D eigenvalue weighted by Gasteiger charge is -2.11. The van der Waals surface area contributed by atoms with Gasteiger partial charge in [-0.05, 0) is 30.3 Å². The van der Waals surface area contributed by atoms with E-state index < -0.39 is 0 Å². The second kappa shape index (κ2) is 9.09. The fourth-order valence-electron chi connectivity index (χ4n) is 3.53. The maximum Gasteiger partial charge on any atom is 0.234 e. The lowest BCUT2D eigenvalue weighted by atomic mass is 10.2. The van der Waals surface area contributed by atoms with Crippen LogP contribution in [0.3, 0.4) is 0 Å². The molecule has 2 heterocycles. The molecular formula is C24H18ClN5O2S. The van der Waals surface area contributed by atoms with Crippen molar-refractivity contribution in [2.45, 2.75) is 5.03 Å². The van der Waals surface area contributed by atoms with E-state index in [1.807, 2.05) is 59.0 Å². The van der Waals surface area contributed by atoms with Gasteiger partial charge in [-0.25, -0.2) is 4.98 Å². The van der Waals surface area contributed by atoms with E-state index in [9.17, 15) is 4.79 Å². The Labute approximate surface area is 198 Å². The molecule has 0 fully saturated rings. The van der Waals surface area contributed by atoms with Crippen LogP contribution in [0, 0.1) is 0 Å². The number of nitrogens with zero attached hydrogens (tertiary/aromatic N) is 4. The average Bonchev–Trinajstić information content (AvgIpc) is 3.29. The van der Waals surface area contributed by atoms with Crippen LogP contribution >= 0.6 is 23.4 Å². The minimum absolute atomic E-state index is 0.129. The highest BCUT2D eigenvalue weighted by Gasteiger charge is 2.18. The number of carbonyl (C=O) groups excluding carboxylic acids is 1. The number of anilines is 1. The monoisotopic (exact) mass is 475 g/mol. The summed E-state index contributed by atoms with van der Waals surface area (Å²) in [4.78, 5) is 17.4. The summed E-state index contributed by atoms with van der Waals surface area (Å²) in [7, 11) is 1.54. The largest absolute Gasteiger partial charge is 0.495 e.